The second-order valence-electron chi connectivity index (χ2n) is 6.68. The Kier molecular flexibility index (Phi) is 6.84. The molecule has 0 saturated carbocycles. The first-order valence-electron chi connectivity index (χ1n) is 9.19. The van der Waals surface area contributed by atoms with Gasteiger partial charge in [-0.05, 0) is 24.3 Å². The zero-order valence-electron chi connectivity index (χ0n) is 15.9. The molecule has 8 heteroatoms. The van der Waals surface area contributed by atoms with Gasteiger partial charge in [-0.15, -0.1) is 11.8 Å². The van der Waals surface area contributed by atoms with Gasteiger partial charge in [-0.3, -0.25) is 14.5 Å². The first-order chi connectivity index (χ1) is 13.1. The van der Waals surface area contributed by atoms with Crippen LogP contribution in [0.4, 0.5) is 5.69 Å². The van der Waals surface area contributed by atoms with Gasteiger partial charge >= 0.3 is 5.97 Å². The molecule has 0 aromatic heterocycles. The number of nitrogens with zero attached hydrogens (tertiary/aromatic N) is 3. The molecule has 0 N–H and O–H groups in total. The zero-order valence-corrected chi connectivity index (χ0v) is 16.7. The quantitative estimate of drug-likeness (QED) is 0.690. The van der Waals surface area contributed by atoms with E-state index in [1.807, 2.05) is 12.1 Å². The van der Waals surface area contributed by atoms with E-state index in [0.29, 0.717) is 19.6 Å². The first-order valence-corrected chi connectivity index (χ1v) is 10.2. The molecule has 2 aliphatic rings. The van der Waals surface area contributed by atoms with Crippen molar-refractivity contribution in [2.45, 2.75) is 5.25 Å². The summed E-state index contributed by atoms with van der Waals surface area (Å²) in [6.07, 6.45) is 0. The van der Waals surface area contributed by atoms with E-state index in [1.54, 1.807) is 23.8 Å². The fourth-order valence-corrected chi connectivity index (χ4v) is 4.53. The maximum atomic E-state index is 12.6. The van der Waals surface area contributed by atoms with Gasteiger partial charge in [0, 0.05) is 50.7 Å². The van der Waals surface area contributed by atoms with Crippen LogP contribution in [0.15, 0.2) is 24.3 Å². The van der Waals surface area contributed by atoms with E-state index in [9.17, 15) is 9.59 Å². The number of piperazine rings is 1. The maximum Gasteiger partial charge on any atom is 0.320 e. The summed E-state index contributed by atoms with van der Waals surface area (Å²) in [5.74, 6) is 1.48. The van der Waals surface area contributed by atoms with Crippen molar-refractivity contribution in [3.05, 3.63) is 24.3 Å². The highest BCUT2D eigenvalue weighted by atomic mass is 32.2. The molecule has 0 radical (unpaired) electrons. The molecule has 0 aliphatic carbocycles. The van der Waals surface area contributed by atoms with Crippen LogP contribution in [0.5, 0.6) is 5.75 Å². The van der Waals surface area contributed by atoms with Crippen molar-refractivity contribution in [2.75, 3.05) is 70.7 Å². The molecule has 7 nitrogen and oxygen atoms in total. The van der Waals surface area contributed by atoms with Crippen molar-refractivity contribution in [1.82, 2.24) is 9.80 Å². The van der Waals surface area contributed by atoms with Crippen LogP contribution in [0.3, 0.4) is 0 Å². The number of esters is 1. The molecule has 27 heavy (non-hydrogen) atoms. The predicted molar refractivity (Wildman–Crippen MR) is 106 cm³/mol. The maximum absolute atomic E-state index is 12.6. The number of methoxy groups -OCH3 is 2. The average molecular weight is 394 g/mol. The normalized spacial score (nSPS) is 21.0. The van der Waals surface area contributed by atoms with Crippen LogP contribution in [0.25, 0.3) is 0 Å². The number of carbonyl (C=O) groups excluding carboxylic acids is 2. The second-order valence-corrected chi connectivity index (χ2v) is 7.99. The number of carbonyl (C=O) groups is 2. The van der Waals surface area contributed by atoms with Crippen molar-refractivity contribution in [3.63, 3.8) is 0 Å². The highest BCUT2D eigenvalue weighted by Crippen LogP contribution is 2.22. The number of anilines is 1. The number of thioether (sulfide) groups is 1. The first kappa shape index (κ1) is 19.8. The molecule has 0 unspecified atom stereocenters. The lowest BCUT2D eigenvalue weighted by Gasteiger charge is -2.37. The van der Waals surface area contributed by atoms with Crippen LogP contribution in [0.2, 0.25) is 0 Å². The summed E-state index contributed by atoms with van der Waals surface area (Å²) < 4.78 is 10.0. The van der Waals surface area contributed by atoms with Crippen LogP contribution >= 0.6 is 11.8 Å². The third kappa shape index (κ3) is 5.07. The summed E-state index contributed by atoms with van der Waals surface area (Å²) in [6.45, 7) is 5.03. The van der Waals surface area contributed by atoms with E-state index in [1.165, 1.54) is 12.8 Å². The second kappa shape index (κ2) is 9.32. The third-order valence-electron chi connectivity index (χ3n) is 5.05. The molecular weight excluding hydrogens is 366 g/mol. The molecule has 2 heterocycles. The largest absolute Gasteiger partial charge is 0.497 e. The lowest BCUT2D eigenvalue weighted by Crippen LogP contribution is -2.52. The summed E-state index contributed by atoms with van der Waals surface area (Å²) in [7, 11) is 3.06. The summed E-state index contributed by atoms with van der Waals surface area (Å²) >= 11 is 1.57. The van der Waals surface area contributed by atoms with Gasteiger partial charge in [-0.25, -0.2) is 0 Å². The monoisotopic (exact) mass is 393 g/mol. The number of rotatable bonds is 5. The van der Waals surface area contributed by atoms with Gasteiger partial charge in [0.1, 0.15) is 11.0 Å². The van der Waals surface area contributed by atoms with E-state index >= 15 is 0 Å². The van der Waals surface area contributed by atoms with Crippen LogP contribution in [0.1, 0.15) is 0 Å². The van der Waals surface area contributed by atoms with Gasteiger partial charge in [-0.2, -0.15) is 0 Å². The third-order valence-corrected chi connectivity index (χ3v) is 6.21. The SMILES string of the molecule is COC(=O)[C@H]1CN(C(=O)CN2CCN(c3ccc(OC)cc3)CC2)CCS1. The Morgan fingerprint density at radius 1 is 1.07 bits per heavy atom. The van der Waals surface area contributed by atoms with Gasteiger partial charge < -0.3 is 19.3 Å². The van der Waals surface area contributed by atoms with Crippen molar-refractivity contribution >= 4 is 29.3 Å². The highest BCUT2D eigenvalue weighted by Gasteiger charge is 2.30. The molecule has 3 rings (SSSR count). The number of hydrogen-bond donors (Lipinski definition) is 0. The lowest BCUT2D eigenvalue weighted by atomic mass is 10.2. The Balaban J connectivity index is 1.47. The molecule has 2 aliphatic heterocycles. The van der Waals surface area contributed by atoms with Crippen molar-refractivity contribution < 1.29 is 19.1 Å². The highest BCUT2D eigenvalue weighted by molar-refractivity contribution is 8.00. The molecule has 1 aromatic carbocycles. The minimum atomic E-state index is -0.264. The minimum absolute atomic E-state index is 0.0992. The molecule has 2 fully saturated rings. The van der Waals surface area contributed by atoms with Crippen molar-refractivity contribution in [1.29, 1.82) is 0 Å². The number of ether oxygens (including phenoxy) is 2. The Bertz CT molecular complexity index is 647. The zero-order chi connectivity index (χ0) is 19.2. The number of benzene rings is 1. The van der Waals surface area contributed by atoms with Gasteiger partial charge in [0.25, 0.3) is 0 Å². The fraction of sp³-hybridized carbons (Fsp3) is 0.579. The molecule has 1 atom stereocenters. The topological polar surface area (TPSA) is 62.3 Å². The number of hydrogen-bond acceptors (Lipinski definition) is 7. The van der Waals surface area contributed by atoms with Crippen molar-refractivity contribution in [2.24, 2.45) is 0 Å². The average Bonchev–Trinajstić information content (AvgIpc) is 2.74. The summed E-state index contributed by atoms with van der Waals surface area (Å²) in [5, 5.41) is -0.264. The molecule has 1 aromatic rings. The molecule has 2 saturated heterocycles. The van der Waals surface area contributed by atoms with Gasteiger partial charge in [0.2, 0.25) is 5.91 Å². The Morgan fingerprint density at radius 3 is 2.41 bits per heavy atom. The van der Waals surface area contributed by atoms with E-state index in [-0.39, 0.29) is 17.1 Å². The Morgan fingerprint density at radius 2 is 1.78 bits per heavy atom. The Labute approximate surface area is 164 Å². The predicted octanol–water partition coefficient (Wildman–Crippen LogP) is 0.934. The van der Waals surface area contributed by atoms with Crippen molar-refractivity contribution in [3.8, 4) is 5.75 Å². The van der Waals surface area contributed by atoms with E-state index in [0.717, 1.165) is 37.7 Å². The van der Waals surface area contributed by atoms with Gasteiger partial charge in [-0.1, -0.05) is 0 Å². The van der Waals surface area contributed by atoms with E-state index in [2.05, 4.69) is 21.9 Å². The fourth-order valence-electron chi connectivity index (χ4n) is 3.40. The number of amides is 1. The standard InChI is InChI=1S/C19H27N3O4S/c1-25-16-5-3-15(4-6-16)21-9-7-20(8-10-21)14-18(23)22-11-12-27-17(13-22)19(24)26-2/h3-6,17H,7-14H2,1-2H3/t17-/m1/s1. The lowest BCUT2D eigenvalue weighted by molar-refractivity contribution is -0.141. The van der Waals surface area contributed by atoms with Crippen LogP contribution in [-0.2, 0) is 14.3 Å². The molecule has 0 spiro atoms. The molecule has 148 valence electrons. The minimum Gasteiger partial charge on any atom is -0.497 e. The van der Waals surface area contributed by atoms with Gasteiger partial charge in [0.15, 0.2) is 0 Å². The van der Waals surface area contributed by atoms with Gasteiger partial charge in [0.05, 0.1) is 20.8 Å². The summed E-state index contributed by atoms with van der Waals surface area (Å²) in [6, 6.07) is 8.07. The smallest absolute Gasteiger partial charge is 0.320 e. The summed E-state index contributed by atoms with van der Waals surface area (Å²) in [5.41, 5.74) is 1.18. The van der Waals surface area contributed by atoms with Crippen LogP contribution < -0.4 is 9.64 Å². The summed E-state index contributed by atoms with van der Waals surface area (Å²) in [4.78, 5) is 30.7. The molecular formula is C19H27N3O4S. The van der Waals surface area contributed by atoms with E-state index < -0.39 is 0 Å². The van der Waals surface area contributed by atoms with Crippen LogP contribution in [-0.4, -0.2) is 92.7 Å². The molecule has 1 amide bonds. The van der Waals surface area contributed by atoms with Crippen LogP contribution in [0, 0.1) is 0 Å². The Hall–Kier alpha value is -1.93. The molecule has 0 bridgehead atoms. The van der Waals surface area contributed by atoms with E-state index in [4.69, 9.17) is 9.47 Å².